The Morgan fingerprint density at radius 1 is 1.00 bits per heavy atom. The Labute approximate surface area is 112 Å². The average Bonchev–Trinajstić information content (AvgIpc) is 2.47. The third kappa shape index (κ3) is 2.04. The molecule has 0 amide bonds. The number of benzene rings is 2. The van der Waals surface area contributed by atoms with Crippen LogP contribution in [0.4, 0.5) is 0 Å². The van der Waals surface area contributed by atoms with Crippen LogP contribution in [0, 0.1) is 0 Å². The van der Waals surface area contributed by atoms with Gasteiger partial charge in [-0.25, -0.2) is 0 Å². The maximum absolute atomic E-state index is 10.4. The van der Waals surface area contributed by atoms with Crippen LogP contribution in [0.2, 0.25) is 0 Å². The van der Waals surface area contributed by atoms with Crippen LogP contribution < -0.4 is 4.74 Å². The number of aromatic hydroxyl groups is 1. The molecular formula is C16H18O3. The van der Waals surface area contributed by atoms with E-state index in [-0.39, 0.29) is 6.61 Å². The zero-order valence-electron chi connectivity index (χ0n) is 10.9. The van der Waals surface area contributed by atoms with Crippen molar-refractivity contribution in [2.24, 2.45) is 0 Å². The van der Waals surface area contributed by atoms with Crippen LogP contribution in [-0.2, 0) is 12.8 Å². The highest BCUT2D eigenvalue weighted by molar-refractivity contribution is 5.95. The van der Waals surface area contributed by atoms with Crippen molar-refractivity contribution in [2.45, 2.75) is 25.7 Å². The van der Waals surface area contributed by atoms with Gasteiger partial charge in [0.05, 0.1) is 6.61 Å². The topological polar surface area (TPSA) is 49.7 Å². The zero-order chi connectivity index (χ0) is 13.2. The molecule has 0 atom stereocenters. The van der Waals surface area contributed by atoms with Gasteiger partial charge in [-0.05, 0) is 25.7 Å². The smallest absolute Gasteiger partial charge is 0.130 e. The van der Waals surface area contributed by atoms with Gasteiger partial charge < -0.3 is 14.9 Å². The van der Waals surface area contributed by atoms with E-state index in [9.17, 15) is 5.11 Å². The van der Waals surface area contributed by atoms with E-state index in [0.29, 0.717) is 12.4 Å². The standard InChI is InChI=1S/C16H18O3/c17-9-10-19-16-13-7-3-1-5-11(13)15(18)12-6-2-4-8-14(12)16/h1,3,5,7,17-18H,2,4,6,8-10H2. The number of phenolic OH excluding ortho intramolecular Hbond substituents is 1. The van der Waals surface area contributed by atoms with Crippen molar-refractivity contribution in [3.63, 3.8) is 0 Å². The number of ether oxygens (including phenoxy) is 1. The molecule has 3 heteroatoms. The van der Waals surface area contributed by atoms with Gasteiger partial charge in [-0.3, -0.25) is 0 Å². The molecule has 0 unspecified atom stereocenters. The summed E-state index contributed by atoms with van der Waals surface area (Å²) in [5.41, 5.74) is 2.15. The molecule has 0 saturated carbocycles. The molecule has 100 valence electrons. The summed E-state index contributed by atoms with van der Waals surface area (Å²) in [6, 6.07) is 7.76. The molecule has 0 bridgehead atoms. The average molecular weight is 258 g/mol. The largest absolute Gasteiger partial charge is 0.507 e. The zero-order valence-corrected chi connectivity index (χ0v) is 10.9. The second-order valence-corrected chi connectivity index (χ2v) is 4.96. The van der Waals surface area contributed by atoms with E-state index in [1.807, 2.05) is 24.3 Å². The first-order valence-corrected chi connectivity index (χ1v) is 6.82. The first-order chi connectivity index (χ1) is 9.33. The predicted molar refractivity (Wildman–Crippen MR) is 74.8 cm³/mol. The monoisotopic (exact) mass is 258 g/mol. The van der Waals surface area contributed by atoms with Crippen LogP contribution in [0.3, 0.4) is 0 Å². The lowest BCUT2D eigenvalue weighted by Gasteiger charge is -2.23. The molecular weight excluding hydrogens is 240 g/mol. The summed E-state index contributed by atoms with van der Waals surface area (Å²) in [7, 11) is 0. The summed E-state index contributed by atoms with van der Waals surface area (Å²) in [6.07, 6.45) is 4.08. The van der Waals surface area contributed by atoms with E-state index in [0.717, 1.165) is 53.3 Å². The molecule has 1 aliphatic carbocycles. The molecule has 2 aromatic carbocycles. The van der Waals surface area contributed by atoms with Gasteiger partial charge >= 0.3 is 0 Å². The van der Waals surface area contributed by atoms with Crippen LogP contribution in [0.5, 0.6) is 11.5 Å². The quantitative estimate of drug-likeness (QED) is 0.890. The fourth-order valence-electron chi connectivity index (χ4n) is 2.94. The van der Waals surface area contributed by atoms with Crippen LogP contribution >= 0.6 is 0 Å². The van der Waals surface area contributed by atoms with E-state index in [1.165, 1.54) is 0 Å². The normalized spacial score (nSPS) is 14.4. The minimum Gasteiger partial charge on any atom is -0.507 e. The Hall–Kier alpha value is -1.74. The molecule has 0 aliphatic heterocycles. The van der Waals surface area contributed by atoms with E-state index in [2.05, 4.69) is 0 Å². The van der Waals surface area contributed by atoms with Crippen molar-refractivity contribution in [2.75, 3.05) is 13.2 Å². The molecule has 0 fully saturated rings. The van der Waals surface area contributed by atoms with Gasteiger partial charge in [0.15, 0.2) is 0 Å². The van der Waals surface area contributed by atoms with Crippen LogP contribution in [0.25, 0.3) is 10.8 Å². The van der Waals surface area contributed by atoms with E-state index < -0.39 is 0 Å². The van der Waals surface area contributed by atoms with Crippen LogP contribution in [0.15, 0.2) is 24.3 Å². The predicted octanol–water partition coefficient (Wildman–Crippen LogP) is 2.80. The van der Waals surface area contributed by atoms with Gasteiger partial charge in [0, 0.05) is 21.9 Å². The van der Waals surface area contributed by atoms with Gasteiger partial charge in [0.1, 0.15) is 18.1 Å². The maximum Gasteiger partial charge on any atom is 0.130 e. The number of aliphatic hydroxyl groups is 1. The fraction of sp³-hybridized carbons (Fsp3) is 0.375. The van der Waals surface area contributed by atoms with Crippen LogP contribution in [0.1, 0.15) is 24.0 Å². The third-order valence-electron chi connectivity index (χ3n) is 3.79. The summed E-state index contributed by atoms with van der Waals surface area (Å²) < 4.78 is 5.76. The van der Waals surface area contributed by atoms with Gasteiger partial charge in [-0.2, -0.15) is 0 Å². The first-order valence-electron chi connectivity index (χ1n) is 6.82. The van der Waals surface area contributed by atoms with Crippen molar-refractivity contribution in [1.82, 2.24) is 0 Å². The lowest BCUT2D eigenvalue weighted by molar-refractivity contribution is 0.201. The summed E-state index contributed by atoms with van der Waals surface area (Å²) in [4.78, 5) is 0. The number of fused-ring (bicyclic) bond motifs is 2. The lowest BCUT2D eigenvalue weighted by Crippen LogP contribution is -2.10. The molecule has 2 N–H and O–H groups in total. The van der Waals surface area contributed by atoms with E-state index in [1.54, 1.807) is 0 Å². The lowest BCUT2D eigenvalue weighted by atomic mass is 9.87. The number of hydrogen-bond donors (Lipinski definition) is 2. The van der Waals surface area contributed by atoms with Crippen molar-refractivity contribution in [1.29, 1.82) is 0 Å². The number of phenols is 1. The molecule has 0 heterocycles. The molecule has 0 spiro atoms. The van der Waals surface area contributed by atoms with Crippen molar-refractivity contribution >= 4 is 10.8 Å². The second kappa shape index (κ2) is 5.10. The Kier molecular flexibility index (Phi) is 3.30. The minimum atomic E-state index is 0.00395. The van der Waals surface area contributed by atoms with Gasteiger partial charge in [-0.1, -0.05) is 24.3 Å². The molecule has 0 saturated heterocycles. The first kappa shape index (κ1) is 12.3. The summed E-state index contributed by atoms with van der Waals surface area (Å²) in [6.45, 7) is 0.297. The highest BCUT2D eigenvalue weighted by Crippen LogP contribution is 2.43. The SMILES string of the molecule is OCCOc1c2c(c(O)c3ccccc13)CCCC2. The Morgan fingerprint density at radius 3 is 2.42 bits per heavy atom. The van der Waals surface area contributed by atoms with E-state index >= 15 is 0 Å². The number of aliphatic hydroxyl groups excluding tert-OH is 1. The van der Waals surface area contributed by atoms with Crippen molar-refractivity contribution in [3.8, 4) is 11.5 Å². The third-order valence-corrected chi connectivity index (χ3v) is 3.79. The summed E-state index contributed by atoms with van der Waals surface area (Å²) in [5, 5.41) is 21.2. The molecule has 0 radical (unpaired) electrons. The number of hydrogen-bond acceptors (Lipinski definition) is 3. The van der Waals surface area contributed by atoms with Gasteiger partial charge in [0.2, 0.25) is 0 Å². The van der Waals surface area contributed by atoms with Crippen molar-refractivity contribution in [3.05, 3.63) is 35.4 Å². The fourth-order valence-corrected chi connectivity index (χ4v) is 2.94. The maximum atomic E-state index is 10.4. The van der Waals surface area contributed by atoms with Gasteiger partial charge in [-0.15, -0.1) is 0 Å². The Morgan fingerprint density at radius 2 is 1.68 bits per heavy atom. The van der Waals surface area contributed by atoms with Crippen LogP contribution in [-0.4, -0.2) is 23.4 Å². The Bertz CT molecular complexity index is 604. The molecule has 19 heavy (non-hydrogen) atoms. The highest BCUT2D eigenvalue weighted by Gasteiger charge is 2.22. The molecule has 0 aromatic heterocycles. The minimum absolute atomic E-state index is 0.00395. The molecule has 2 aromatic rings. The molecule has 3 rings (SSSR count). The molecule has 1 aliphatic rings. The van der Waals surface area contributed by atoms with Crippen molar-refractivity contribution < 1.29 is 14.9 Å². The summed E-state index contributed by atoms with van der Waals surface area (Å²) in [5.74, 6) is 1.25. The van der Waals surface area contributed by atoms with Gasteiger partial charge in [0.25, 0.3) is 0 Å². The Balaban J connectivity index is 2.26. The highest BCUT2D eigenvalue weighted by atomic mass is 16.5. The van der Waals surface area contributed by atoms with E-state index in [4.69, 9.17) is 9.84 Å². The molecule has 3 nitrogen and oxygen atoms in total. The number of rotatable bonds is 3. The second-order valence-electron chi connectivity index (χ2n) is 4.96. The summed E-state index contributed by atoms with van der Waals surface area (Å²) >= 11 is 0.